The van der Waals surface area contributed by atoms with Gasteiger partial charge in [0.25, 0.3) is 0 Å². The number of carbonyl (C=O) groups excluding carboxylic acids is 1. The highest BCUT2D eigenvalue weighted by Gasteiger charge is 2.23. The molecule has 1 aromatic carbocycles. The molecule has 0 unspecified atom stereocenters. The van der Waals surface area contributed by atoms with E-state index in [2.05, 4.69) is 36.9 Å². The molecule has 2 aromatic rings. The van der Waals surface area contributed by atoms with Crippen LogP contribution in [0, 0.1) is 5.92 Å². The summed E-state index contributed by atoms with van der Waals surface area (Å²) >= 11 is 3.41. The molecular weight excluding hydrogens is 426 g/mol. The lowest BCUT2D eigenvalue weighted by Gasteiger charge is -2.21. The summed E-state index contributed by atoms with van der Waals surface area (Å²) in [5.41, 5.74) is 1.87. The molecule has 0 atom stereocenters. The number of ether oxygens (including phenoxy) is 1. The number of amides is 1. The Morgan fingerprint density at radius 3 is 2.68 bits per heavy atom. The monoisotopic (exact) mass is 459 g/mol. The second-order valence-electron chi connectivity index (χ2n) is 9.73. The smallest absolute Gasteiger partial charge is 0.411 e. The van der Waals surface area contributed by atoms with Crippen molar-refractivity contribution in [2.75, 3.05) is 11.9 Å². The molecule has 2 N–H and O–H groups in total. The van der Waals surface area contributed by atoms with E-state index in [-0.39, 0.29) is 11.6 Å². The lowest BCUT2D eigenvalue weighted by Crippen LogP contribution is -2.29. The first-order chi connectivity index (χ1) is 14.9. The third-order valence-corrected chi connectivity index (χ3v) is 8.05. The van der Waals surface area contributed by atoms with Crippen LogP contribution in [0.25, 0.3) is 10.4 Å². The SMILES string of the molecule is CC(C)(C)NSc1cc(NC(=O)OCC2CC2)ccc1-c1cnc(C2CCCCC2)s1. The number of benzene rings is 1. The third-order valence-electron chi connectivity index (χ3n) is 5.59. The van der Waals surface area contributed by atoms with Gasteiger partial charge < -0.3 is 4.74 Å². The van der Waals surface area contributed by atoms with E-state index in [1.807, 2.05) is 29.7 Å². The molecule has 1 amide bonds. The Balaban J connectivity index is 1.52. The molecule has 5 nitrogen and oxygen atoms in total. The maximum atomic E-state index is 12.1. The Morgan fingerprint density at radius 1 is 1.19 bits per heavy atom. The predicted molar refractivity (Wildman–Crippen MR) is 130 cm³/mol. The van der Waals surface area contributed by atoms with Crippen LogP contribution in [0.2, 0.25) is 0 Å². The molecule has 4 rings (SSSR count). The van der Waals surface area contributed by atoms with Gasteiger partial charge in [-0.25, -0.2) is 9.78 Å². The van der Waals surface area contributed by atoms with Gasteiger partial charge in [0.15, 0.2) is 0 Å². The van der Waals surface area contributed by atoms with E-state index >= 15 is 0 Å². The zero-order valence-corrected chi connectivity index (χ0v) is 20.3. The van der Waals surface area contributed by atoms with Gasteiger partial charge in [0.1, 0.15) is 0 Å². The maximum absolute atomic E-state index is 12.1. The van der Waals surface area contributed by atoms with E-state index in [1.165, 1.54) is 54.8 Å². The molecule has 31 heavy (non-hydrogen) atoms. The van der Waals surface area contributed by atoms with Crippen LogP contribution in [-0.4, -0.2) is 23.2 Å². The first kappa shape index (κ1) is 22.6. The molecule has 7 heteroatoms. The van der Waals surface area contributed by atoms with Gasteiger partial charge >= 0.3 is 6.09 Å². The molecular formula is C24H33N3O2S2. The molecule has 0 radical (unpaired) electrons. The van der Waals surface area contributed by atoms with Gasteiger partial charge in [-0.05, 0) is 76.5 Å². The fourth-order valence-electron chi connectivity index (χ4n) is 3.68. The van der Waals surface area contributed by atoms with Crippen molar-refractivity contribution in [1.29, 1.82) is 0 Å². The van der Waals surface area contributed by atoms with E-state index in [0.29, 0.717) is 18.4 Å². The minimum atomic E-state index is -0.378. The predicted octanol–water partition coefficient (Wildman–Crippen LogP) is 7.21. The standard InChI is InChI=1S/C24H33N3O2S2/c1-24(2,3)27-31-20-13-18(26-23(28)29-15-16-9-10-16)11-12-19(20)21-14-25-22(30-21)17-7-5-4-6-8-17/h11-14,16-17,27H,4-10,15H2,1-3H3,(H,26,28). The van der Waals surface area contributed by atoms with Crippen molar-refractivity contribution in [2.45, 2.75) is 82.1 Å². The molecule has 2 saturated carbocycles. The van der Waals surface area contributed by atoms with Crippen LogP contribution in [0.15, 0.2) is 29.3 Å². The van der Waals surface area contributed by atoms with Crippen LogP contribution in [0.1, 0.15) is 76.6 Å². The van der Waals surface area contributed by atoms with Crippen LogP contribution < -0.4 is 10.0 Å². The average molecular weight is 460 g/mol. The molecule has 1 aromatic heterocycles. The zero-order chi connectivity index (χ0) is 21.8. The second kappa shape index (κ2) is 9.92. The summed E-state index contributed by atoms with van der Waals surface area (Å²) in [6.45, 7) is 6.95. The summed E-state index contributed by atoms with van der Waals surface area (Å²) in [5, 5.41) is 4.15. The molecule has 2 fully saturated rings. The van der Waals surface area contributed by atoms with Crippen molar-refractivity contribution < 1.29 is 9.53 Å². The van der Waals surface area contributed by atoms with Crippen molar-refractivity contribution in [3.63, 3.8) is 0 Å². The number of thiazole rings is 1. The van der Waals surface area contributed by atoms with E-state index in [1.54, 1.807) is 11.9 Å². The zero-order valence-electron chi connectivity index (χ0n) is 18.7. The summed E-state index contributed by atoms with van der Waals surface area (Å²) < 4.78 is 8.83. The summed E-state index contributed by atoms with van der Waals surface area (Å²) in [4.78, 5) is 19.2. The van der Waals surface area contributed by atoms with Gasteiger partial charge in [-0.1, -0.05) is 25.3 Å². The fourth-order valence-corrected chi connectivity index (χ4v) is 5.76. The summed E-state index contributed by atoms with van der Waals surface area (Å²) in [7, 11) is 0. The number of rotatable bonds is 7. The van der Waals surface area contributed by atoms with Crippen molar-refractivity contribution in [3.05, 3.63) is 29.4 Å². The summed E-state index contributed by atoms with van der Waals surface area (Å²) in [6, 6.07) is 6.06. The number of nitrogens with one attached hydrogen (secondary N) is 2. The van der Waals surface area contributed by atoms with Crippen LogP contribution in [0.5, 0.6) is 0 Å². The molecule has 2 aliphatic carbocycles. The number of carbonyl (C=O) groups is 1. The Morgan fingerprint density at radius 2 is 1.97 bits per heavy atom. The quantitative estimate of drug-likeness (QED) is 0.428. The Labute approximate surface area is 193 Å². The topological polar surface area (TPSA) is 63.2 Å². The highest BCUT2D eigenvalue weighted by atomic mass is 32.2. The first-order valence-corrected chi connectivity index (χ1v) is 13.0. The molecule has 0 bridgehead atoms. The molecule has 2 aliphatic rings. The van der Waals surface area contributed by atoms with E-state index in [0.717, 1.165) is 16.1 Å². The molecule has 0 spiro atoms. The maximum Gasteiger partial charge on any atom is 0.411 e. The summed E-state index contributed by atoms with van der Waals surface area (Å²) in [6.07, 6.45) is 10.5. The highest BCUT2D eigenvalue weighted by molar-refractivity contribution is 7.97. The van der Waals surface area contributed by atoms with Gasteiger partial charge in [-0.2, -0.15) is 0 Å². The van der Waals surface area contributed by atoms with Gasteiger partial charge in [0, 0.05) is 33.8 Å². The largest absolute Gasteiger partial charge is 0.449 e. The van der Waals surface area contributed by atoms with Crippen molar-refractivity contribution in [2.24, 2.45) is 5.92 Å². The minimum absolute atomic E-state index is 0.0322. The number of hydrogen-bond acceptors (Lipinski definition) is 6. The van der Waals surface area contributed by atoms with Gasteiger partial charge in [0.2, 0.25) is 0 Å². The lowest BCUT2D eigenvalue weighted by atomic mass is 9.90. The van der Waals surface area contributed by atoms with E-state index in [4.69, 9.17) is 9.72 Å². The number of anilines is 1. The van der Waals surface area contributed by atoms with Gasteiger partial charge in [0.05, 0.1) is 16.5 Å². The minimum Gasteiger partial charge on any atom is -0.449 e. The highest BCUT2D eigenvalue weighted by Crippen LogP contribution is 2.40. The van der Waals surface area contributed by atoms with Crippen molar-refractivity contribution in [1.82, 2.24) is 9.71 Å². The summed E-state index contributed by atoms with van der Waals surface area (Å²) in [5.74, 6) is 1.17. The van der Waals surface area contributed by atoms with Crippen LogP contribution in [0.4, 0.5) is 10.5 Å². The Bertz CT molecular complexity index is 896. The second-order valence-corrected chi connectivity index (χ2v) is 11.6. The van der Waals surface area contributed by atoms with E-state index in [9.17, 15) is 4.79 Å². The molecule has 168 valence electrons. The Hall–Kier alpha value is -1.57. The fraction of sp³-hybridized carbons (Fsp3) is 0.583. The van der Waals surface area contributed by atoms with E-state index < -0.39 is 0 Å². The normalized spacial score (nSPS) is 17.5. The van der Waals surface area contributed by atoms with Crippen LogP contribution in [0.3, 0.4) is 0 Å². The van der Waals surface area contributed by atoms with Crippen molar-refractivity contribution >= 4 is 35.1 Å². The van der Waals surface area contributed by atoms with Crippen molar-refractivity contribution in [3.8, 4) is 10.4 Å². The van der Waals surface area contributed by atoms with Crippen LogP contribution >= 0.6 is 23.3 Å². The Kier molecular flexibility index (Phi) is 7.24. The molecule has 1 heterocycles. The lowest BCUT2D eigenvalue weighted by molar-refractivity contribution is 0.156. The number of nitrogens with zero attached hydrogens (tertiary/aromatic N) is 1. The average Bonchev–Trinajstić information content (AvgIpc) is 3.45. The van der Waals surface area contributed by atoms with Gasteiger partial charge in [-0.15, -0.1) is 11.3 Å². The first-order valence-electron chi connectivity index (χ1n) is 11.4. The molecule has 0 aliphatic heterocycles. The number of hydrogen-bond donors (Lipinski definition) is 2. The number of aromatic nitrogens is 1. The van der Waals surface area contributed by atoms with Crippen LogP contribution in [-0.2, 0) is 4.74 Å². The van der Waals surface area contributed by atoms with Gasteiger partial charge in [-0.3, -0.25) is 10.0 Å². The third kappa shape index (κ3) is 6.70. The molecule has 0 saturated heterocycles.